The van der Waals surface area contributed by atoms with Gasteiger partial charge in [0, 0.05) is 24.7 Å². The van der Waals surface area contributed by atoms with Gasteiger partial charge in [0.1, 0.15) is 5.76 Å². The van der Waals surface area contributed by atoms with Gasteiger partial charge in [0.25, 0.3) is 5.91 Å². The summed E-state index contributed by atoms with van der Waals surface area (Å²) in [5.41, 5.74) is 1.82. The van der Waals surface area contributed by atoms with E-state index in [4.69, 9.17) is 9.15 Å². The third kappa shape index (κ3) is 4.04. The molecule has 0 unspecified atom stereocenters. The molecule has 0 aliphatic heterocycles. The predicted molar refractivity (Wildman–Crippen MR) is 89.2 cm³/mol. The van der Waals surface area contributed by atoms with E-state index in [1.807, 2.05) is 55.6 Å². The summed E-state index contributed by atoms with van der Waals surface area (Å²) >= 11 is 0. The first-order valence-corrected chi connectivity index (χ1v) is 7.76. The highest BCUT2D eigenvalue weighted by atomic mass is 16.5. The van der Waals surface area contributed by atoms with Gasteiger partial charge in [-0.3, -0.25) is 4.79 Å². The molecular weight excluding hydrogens is 306 g/mol. The van der Waals surface area contributed by atoms with E-state index >= 15 is 0 Å². The van der Waals surface area contributed by atoms with E-state index in [1.54, 1.807) is 10.9 Å². The third-order valence-electron chi connectivity index (χ3n) is 3.49. The van der Waals surface area contributed by atoms with Crippen LogP contribution in [0.5, 0.6) is 5.88 Å². The van der Waals surface area contributed by atoms with Crippen LogP contribution in [0.15, 0.2) is 59.3 Å². The number of furan rings is 1. The Labute approximate surface area is 140 Å². The van der Waals surface area contributed by atoms with Crippen molar-refractivity contribution in [2.75, 3.05) is 13.2 Å². The number of carbonyl (C=O) groups excluding carboxylic acids is 1. The van der Waals surface area contributed by atoms with Crippen LogP contribution in [-0.4, -0.2) is 28.8 Å². The number of nitrogens with one attached hydrogen (secondary N) is 1. The summed E-state index contributed by atoms with van der Waals surface area (Å²) in [6.07, 6.45) is 4.14. The summed E-state index contributed by atoms with van der Waals surface area (Å²) in [4.78, 5) is 11.8. The number of hydrogen-bond donors (Lipinski definition) is 1. The zero-order chi connectivity index (χ0) is 16.8. The van der Waals surface area contributed by atoms with Gasteiger partial charge in [-0.2, -0.15) is 0 Å². The minimum Gasteiger partial charge on any atom is -0.469 e. The molecule has 0 bridgehead atoms. The van der Waals surface area contributed by atoms with Gasteiger partial charge in [0.15, 0.2) is 6.61 Å². The molecule has 3 rings (SSSR count). The van der Waals surface area contributed by atoms with Crippen molar-refractivity contribution < 1.29 is 13.9 Å². The molecule has 0 aliphatic rings. The second kappa shape index (κ2) is 7.50. The van der Waals surface area contributed by atoms with Crippen molar-refractivity contribution >= 4 is 5.91 Å². The van der Waals surface area contributed by atoms with Crippen molar-refractivity contribution in [2.24, 2.45) is 0 Å². The number of hydrogen-bond acceptors (Lipinski definition) is 4. The Bertz CT molecular complexity index is 779. The van der Waals surface area contributed by atoms with Crippen LogP contribution < -0.4 is 10.1 Å². The molecule has 1 amide bonds. The number of aryl methyl sites for hydroxylation is 1. The Balaban J connectivity index is 1.49. The van der Waals surface area contributed by atoms with Crippen molar-refractivity contribution in [3.63, 3.8) is 0 Å². The summed E-state index contributed by atoms with van der Waals surface area (Å²) in [5.74, 6) is 1.11. The smallest absolute Gasteiger partial charge is 0.258 e. The van der Waals surface area contributed by atoms with E-state index < -0.39 is 0 Å². The third-order valence-corrected chi connectivity index (χ3v) is 3.49. The Morgan fingerprint density at radius 3 is 2.83 bits per heavy atom. The molecule has 2 heterocycles. The molecular formula is C18H19N3O3. The van der Waals surface area contributed by atoms with Crippen LogP contribution in [0.1, 0.15) is 11.3 Å². The van der Waals surface area contributed by atoms with Crippen LogP contribution in [0.25, 0.3) is 5.69 Å². The Hall–Kier alpha value is -3.02. The molecule has 0 saturated carbocycles. The fourth-order valence-corrected chi connectivity index (χ4v) is 2.26. The first-order chi connectivity index (χ1) is 11.7. The molecule has 0 radical (unpaired) electrons. The molecule has 0 atom stereocenters. The van der Waals surface area contributed by atoms with Crippen molar-refractivity contribution in [3.8, 4) is 11.6 Å². The van der Waals surface area contributed by atoms with Crippen LogP contribution in [0.4, 0.5) is 0 Å². The topological polar surface area (TPSA) is 69.3 Å². The monoisotopic (exact) mass is 325 g/mol. The average molecular weight is 325 g/mol. The van der Waals surface area contributed by atoms with Crippen molar-refractivity contribution in [2.45, 2.75) is 13.3 Å². The predicted octanol–water partition coefficient (Wildman–Crippen LogP) is 2.51. The van der Waals surface area contributed by atoms with Crippen molar-refractivity contribution in [1.82, 2.24) is 15.1 Å². The molecule has 6 heteroatoms. The summed E-state index contributed by atoms with van der Waals surface area (Å²) in [5, 5.41) is 7.16. The Morgan fingerprint density at radius 2 is 2.08 bits per heavy atom. The lowest BCUT2D eigenvalue weighted by Gasteiger charge is -2.05. The quantitative estimate of drug-likeness (QED) is 0.725. The average Bonchev–Trinajstić information content (AvgIpc) is 3.24. The normalized spacial score (nSPS) is 10.5. The zero-order valence-corrected chi connectivity index (χ0v) is 13.4. The maximum absolute atomic E-state index is 11.8. The molecule has 0 fully saturated rings. The number of benzene rings is 1. The number of ether oxygens (including phenoxy) is 1. The fraction of sp³-hybridized carbons (Fsp3) is 0.222. The highest BCUT2D eigenvalue weighted by Gasteiger charge is 2.10. The van der Waals surface area contributed by atoms with Gasteiger partial charge in [-0.25, -0.2) is 4.68 Å². The molecule has 2 aromatic heterocycles. The molecule has 3 aromatic rings. The maximum Gasteiger partial charge on any atom is 0.258 e. The Morgan fingerprint density at radius 1 is 1.25 bits per heavy atom. The number of amides is 1. The lowest BCUT2D eigenvalue weighted by molar-refractivity contribution is -0.123. The molecule has 1 aromatic carbocycles. The fourth-order valence-electron chi connectivity index (χ4n) is 2.26. The SMILES string of the molecule is Cc1cn(-c2ccccc2)nc1OCC(=O)NCCc1ccco1. The molecule has 124 valence electrons. The van der Waals surface area contributed by atoms with Crippen LogP contribution in [0.3, 0.4) is 0 Å². The summed E-state index contributed by atoms with van der Waals surface area (Å²) in [7, 11) is 0. The van der Waals surface area contributed by atoms with Gasteiger partial charge < -0.3 is 14.5 Å². The molecule has 24 heavy (non-hydrogen) atoms. The van der Waals surface area contributed by atoms with Crippen LogP contribution >= 0.6 is 0 Å². The Kier molecular flexibility index (Phi) is 4.96. The highest BCUT2D eigenvalue weighted by molar-refractivity contribution is 5.77. The largest absolute Gasteiger partial charge is 0.469 e. The minimum absolute atomic E-state index is 0.0647. The van der Waals surface area contributed by atoms with Crippen LogP contribution in [-0.2, 0) is 11.2 Å². The van der Waals surface area contributed by atoms with Crippen LogP contribution in [0, 0.1) is 6.92 Å². The van der Waals surface area contributed by atoms with Crippen molar-refractivity contribution in [1.29, 1.82) is 0 Å². The van der Waals surface area contributed by atoms with Gasteiger partial charge in [0.2, 0.25) is 5.88 Å². The van der Waals surface area contributed by atoms with Crippen LogP contribution in [0.2, 0.25) is 0 Å². The van der Waals surface area contributed by atoms with E-state index in [0.29, 0.717) is 18.8 Å². The number of carbonyl (C=O) groups is 1. The maximum atomic E-state index is 11.8. The zero-order valence-electron chi connectivity index (χ0n) is 13.4. The van der Waals surface area contributed by atoms with E-state index in [9.17, 15) is 4.79 Å². The molecule has 6 nitrogen and oxygen atoms in total. The first-order valence-electron chi connectivity index (χ1n) is 7.76. The van der Waals surface area contributed by atoms with E-state index in [2.05, 4.69) is 10.4 Å². The number of aromatic nitrogens is 2. The standard InChI is InChI=1S/C18H19N3O3/c1-14-12-21(15-6-3-2-4-7-15)20-18(14)24-13-17(22)19-10-9-16-8-5-11-23-16/h2-8,11-12H,9-10,13H2,1H3,(H,19,22). The van der Waals surface area contributed by atoms with Gasteiger partial charge in [-0.15, -0.1) is 5.10 Å². The molecule has 0 saturated heterocycles. The summed E-state index contributed by atoms with van der Waals surface area (Å²) in [6, 6.07) is 13.5. The molecule has 1 N–H and O–H groups in total. The van der Waals surface area contributed by atoms with Crippen molar-refractivity contribution in [3.05, 3.63) is 66.2 Å². The van der Waals surface area contributed by atoms with Gasteiger partial charge in [-0.1, -0.05) is 18.2 Å². The summed E-state index contributed by atoms with van der Waals surface area (Å²) < 4.78 is 12.5. The van der Waals surface area contributed by atoms with Gasteiger partial charge in [0.05, 0.1) is 12.0 Å². The van der Waals surface area contributed by atoms with E-state index in [1.165, 1.54) is 0 Å². The minimum atomic E-state index is -0.185. The van der Waals surface area contributed by atoms with E-state index in [-0.39, 0.29) is 12.5 Å². The van der Waals surface area contributed by atoms with E-state index in [0.717, 1.165) is 17.0 Å². The molecule has 0 spiro atoms. The number of nitrogens with zero attached hydrogens (tertiary/aromatic N) is 2. The highest BCUT2D eigenvalue weighted by Crippen LogP contribution is 2.17. The number of para-hydroxylation sites is 1. The molecule has 0 aliphatic carbocycles. The number of rotatable bonds is 7. The van der Waals surface area contributed by atoms with Gasteiger partial charge >= 0.3 is 0 Å². The second-order valence-corrected chi connectivity index (χ2v) is 5.37. The van der Waals surface area contributed by atoms with Gasteiger partial charge in [-0.05, 0) is 31.2 Å². The second-order valence-electron chi connectivity index (χ2n) is 5.37. The summed E-state index contributed by atoms with van der Waals surface area (Å²) in [6.45, 7) is 2.34. The first kappa shape index (κ1) is 15.9. The lowest BCUT2D eigenvalue weighted by atomic mass is 10.3. The lowest BCUT2D eigenvalue weighted by Crippen LogP contribution is -2.30.